The van der Waals surface area contributed by atoms with Crippen LogP contribution in [0.25, 0.3) is 0 Å². The highest BCUT2D eigenvalue weighted by molar-refractivity contribution is 9.10. The first kappa shape index (κ1) is 24.5. The number of amides is 2. The summed E-state index contributed by atoms with van der Waals surface area (Å²) in [6.07, 6.45) is -0.0405. The summed E-state index contributed by atoms with van der Waals surface area (Å²) in [7, 11) is 2.94. The van der Waals surface area contributed by atoms with Crippen LogP contribution in [0.5, 0.6) is 17.2 Å². The van der Waals surface area contributed by atoms with E-state index in [2.05, 4.69) is 31.8 Å². The first-order chi connectivity index (χ1) is 14.7. The van der Waals surface area contributed by atoms with Crippen molar-refractivity contribution in [2.75, 3.05) is 26.1 Å². The van der Waals surface area contributed by atoms with E-state index in [0.29, 0.717) is 33.7 Å². The number of rotatable bonds is 9. The van der Waals surface area contributed by atoms with Gasteiger partial charge in [-0.25, -0.2) is 5.43 Å². The average Bonchev–Trinajstić information content (AvgIpc) is 2.73. The van der Waals surface area contributed by atoms with E-state index in [1.807, 2.05) is 19.1 Å². The van der Waals surface area contributed by atoms with Gasteiger partial charge in [-0.1, -0.05) is 27.5 Å². The molecule has 0 radical (unpaired) electrons. The number of hydrazone groups is 1. The van der Waals surface area contributed by atoms with Crippen LogP contribution in [-0.4, -0.2) is 38.4 Å². The third-order valence-corrected chi connectivity index (χ3v) is 5.22. The second kappa shape index (κ2) is 11.6. The highest BCUT2D eigenvalue weighted by Gasteiger charge is 2.13. The lowest BCUT2D eigenvalue weighted by molar-refractivity contribution is -0.123. The molecule has 0 fully saturated rings. The third kappa shape index (κ3) is 7.45. The standard InChI is InChI=1S/C21H23BrClN3O5/c1-12-7-14(5-6-15(12)22)31-11-21(28)26-25-13(2)8-20(27)24-17-10-18(29-3)16(23)9-19(17)30-4/h5-7,9-10H,8,11H2,1-4H3,(H,24,27)(H,26,28)/b25-13+. The van der Waals surface area contributed by atoms with Gasteiger partial charge in [0.05, 0.1) is 31.4 Å². The maximum absolute atomic E-state index is 12.3. The molecular formula is C21H23BrClN3O5. The van der Waals surface area contributed by atoms with E-state index in [1.165, 1.54) is 14.2 Å². The Morgan fingerprint density at radius 2 is 1.81 bits per heavy atom. The van der Waals surface area contributed by atoms with Crippen LogP contribution in [0.4, 0.5) is 5.69 Å². The molecule has 0 aromatic heterocycles. The zero-order valence-electron chi connectivity index (χ0n) is 17.5. The van der Waals surface area contributed by atoms with Crippen molar-refractivity contribution < 1.29 is 23.8 Å². The maximum atomic E-state index is 12.3. The van der Waals surface area contributed by atoms with E-state index < -0.39 is 5.91 Å². The molecule has 2 aromatic carbocycles. The monoisotopic (exact) mass is 511 g/mol. The molecule has 0 saturated heterocycles. The van der Waals surface area contributed by atoms with Crippen LogP contribution in [0.1, 0.15) is 18.9 Å². The second-order valence-electron chi connectivity index (χ2n) is 6.49. The van der Waals surface area contributed by atoms with Gasteiger partial charge >= 0.3 is 0 Å². The largest absolute Gasteiger partial charge is 0.495 e. The van der Waals surface area contributed by atoms with E-state index >= 15 is 0 Å². The van der Waals surface area contributed by atoms with Gasteiger partial charge in [-0.2, -0.15) is 5.10 Å². The molecule has 2 aromatic rings. The fourth-order valence-electron chi connectivity index (χ4n) is 2.47. The van der Waals surface area contributed by atoms with Gasteiger partial charge in [-0.3, -0.25) is 9.59 Å². The topological polar surface area (TPSA) is 98.2 Å². The van der Waals surface area contributed by atoms with Crippen LogP contribution in [0.2, 0.25) is 5.02 Å². The summed E-state index contributed by atoms with van der Waals surface area (Å²) in [6, 6.07) is 8.52. The van der Waals surface area contributed by atoms with Crippen LogP contribution in [0, 0.1) is 6.92 Å². The second-order valence-corrected chi connectivity index (χ2v) is 7.76. The SMILES string of the molecule is COc1cc(NC(=O)C/C(C)=N/NC(=O)COc2ccc(Br)c(C)c2)c(OC)cc1Cl. The summed E-state index contributed by atoms with van der Waals surface area (Å²) in [5, 5.41) is 7.01. The third-order valence-electron chi connectivity index (χ3n) is 4.04. The smallest absolute Gasteiger partial charge is 0.277 e. The van der Waals surface area contributed by atoms with Crippen molar-refractivity contribution in [2.45, 2.75) is 20.3 Å². The van der Waals surface area contributed by atoms with Crippen molar-refractivity contribution in [3.05, 3.63) is 45.4 Å². The molecule has 2 rings (SSSR count). The van der Waals surface area contributed by atoms with Crippen molar-refractivity contribution in [1.29, 1.82) is 0 Å². The number of carbonyl (C=O) groups is 2. The van der Waals surface area contributed by atoms with Gasteiger partial charge in [0.2, 0.25) is 5.91 Å². The van der Waals surface area contributed by atoms with E-state index in [9.17, 15) is 9.59 Å². The van der Waals surface area contributed by atoms with Crippen molar-refractivity contribution >= 4 is 50.7 Å². The van der Waals surface area contributed by atoms with E-state index in [1.54, 1.807) is 25.1 Å². The Labute approximate surface area is 194 Å². The number of anilines is 1. The molecule has 0 heterocycles. The summed E-state index contributed by atoms with van der Waals surface area (Å²) < 4.78 is 16.8. The molecule has 166 valence electrons. The Kier molecular flexibility index (Phi) is 9.14. The number of halogens is 2. The first-order valence-corrected chi connectivity index (χ1v) is 10.3. The minimum Gasteiger partial charge on any atom is -0.495 e. The number of nitrogens with one attached hydrogen (secondary N) is 2. The lowest BCUT2D eigenvalue weighted by Crippen LogP contribution is -2.26. The lowest BCUT2D eigenvalue weighted by atomic mass is 10.2. The van der Waals surface area contributed by atoms with Gasteiger partial charge in [-0.15, -0.1) is 0 Å². The van der Waals surface area contributed by atoms with Crippen LogP contribution < -0.4 is 25.0 Å². The van der Waals surface area contributed by atoms with Crippen LogP contribution in [0.15, 0.2) is 39.9 Å². The van der Waals surface area contributed by atoms with Gasteiger partial charge in [-0.05, 0) is 37.6 Å². The van der Waals surface area contributed by atoms with Crippen molar-refractivity contribution in [3.63, 3.8) is 0 Å². The fraction of sp³-hybridized carbons (Fsp3) is 0.286. The number of hydrogen-bond acceptors (Lipinski definition) is 6. The minimum atomic E-state index is -0.440. The first-order valence-electron chi connectivity index (χ1n) is 9.15. The van der Waals surface area contributed by atoms with E-state index in [4.69, 9.17) is 25.8 Å². The molecule has 0 aliphatic rings. The molecule has 8 nitrogen and oxygen atoms in total. The van der Waals surface area contributed by atoms with Crippen LogP contribution >= 0.6 is 27.5 Å². The van der Waals surface area contributed by atoms with Gasteiger partial charge in [0.1, 0.15) is 17.2 Å². The van der Waals surface area contributed by atoms with E-state index in [-0.39, 0.29) is 18.9 Å². The van der Waals surface area contributed by atoms with Gasteiger partial charge in [0.15, 0.2) is 6.61 Å². The summed E-state index contributed by atoms with van der Waals surface area (Å²) in [4.78, 5) is 24.3. The number of benzene rings is 2. The van der Waals surface area contributed by atoms with Crippen molar-refractivity contribution in [1.82, 2.24) is 5.43 Å². The fourth-order valence-corrected chi connectivity index (χ4v) is 2.95. The van der Waals surface area contributed by atoms with Crippen molar-refractivity contribution in [3.8, 4) is 17.2 Å². The Morgan fingerprint density at radius 1 is 1.10 bits per heavy atom. The Bertz CT molecular complexity index is 997. The number of nitrogens with zero attached hydrogens (tertiary/aromatic N) is 1. The molecule has 2 amide bonds. The number of hydrogen-bond donors (Lipinski definition) is 2. The van der Waals surface area contributed by atoms with Gasteiger partial charge in [0, 0.05) is 22.3 Å². The van der Waals surface area contributed by atoms with Gasteiger partial charge in [0.25, 0.3) is 5.91 Å². The predicted molar refractivity (Wildman–Crippen MR) is 123 cm³/mol. The highest BCUT2D eigenvalue weighted by Crippen LogP contribution is 2.35. The van der Waals surface area contributed by atoms with Gasteiger partial charge < -0.3 is 19.5 Å². The zero-order chi connectivity index (χ0) is 23.0. The molecule has 0 spiro atoms. The molecule has 0 aliphatic carbocycles. The van der Waals surface area contributed by atoms with E-state index in [0.717, 1.165) is 10.0 Å². The molecule has 0 bridgehead atoms. The molecule has 31 heavy (non-hydrogen) atoms. The number of methoxy groups -OCH3 is 2. The van der Waals surface area contributed by atoms with Crippen LogP contribution in [0.3, 0.4) is 0 Å². The summed E-state index contributed by atoms with van der Waals surface area (Å²) in [5.41, 5.74) is 4.18. The summed E-state index contributed by atoms with van der Waals surface area (Å²) in [6.45, 7) is 3.34. The quantitative estimate of drug-likeness (QED) is 0.385. The molecule has 2 N–H and O–H groups in total. The predicted octanol–water partition coefficient (Wildman–Crippen LogP) is 4.33. The van der Waals surface area contributed by atoms with Crippen molar-refractivity contribution in [2.24, 2.45) is 5.10 Å². The Hall–Kier alpha value is -2.78. The maximum Gasteiger partial charge on any atom is 0.277 e. The average molecular weight is 513 g/mol. The molecule has 0 saturated carbocycles. The number of aryl methyl sites for hydroxylation is 1. The highest BCUT2D eigenvalue weighted by atomic mass is 79.9. The summed E-state index contributed by atoms with van der Waals surface area (Å²) in [5.74, 6) is 0.575. The zero-order valence-corrected chi connectivity index (χ0v) is 19.9. The molecular weight excluding hydrogens is 490 g/mol. The lowest BCUT2D eigenvalue weighted by Gasteiger charge is -2.13. The molecule has 0 aliphatic heterocycles. The summed E-state index contributed by atoms with van der Waals surface area (Å²) >= 11 is 9.47. The normalized spacial score (nSPS) is 11.0. The minimum absolute atomic E-state index is 0.0405. The molecule has 0 unspecified atom stereocenters. The Balaban J connectivity index is 1.88. The number of carbonyl (C=O) groups excluding carboxylic acids is 2. The van der Waals surface area contributed by atoms with Crippen LogP contribution in [-0.2, 0) is 9.59 Å². The number of ether oxygens (including phenoxy) is 3. The molecule has 10 heteroatoms. The molecule has 0 atom stereocenters. The Morgan fingerprint density at radius 3 is 2.45 bits per heavy atom.